The van der Waals surface area contributed by atoms with Crippen molar-refractivity contribution in [1.29, 1.82) is 0 Å². The van der Waals surface area contributed by atoms with Crippen LogP contribution in [-0.4, -0.2) is 64.5 Å². The molecule has 34 heavy (non-hydrogen) atoms. The minimum Gasteiger partial charge on any atom is -0.507 e. The van der Waals surface area contributed by atoms with E-state index < -0.39 is 23.5 Å². The van der Waals surface area contributed by atoms with Gasteiger partial charge < -0.3 is 24.7 Å². The van der Waals surface area contributed by atoms with Gasteiger partial charge in [0.05, 0.1) is 23.8 Å². The molecule has 0 saturated carbocycles. The lowest BCUT2D eigenvalue weighted by Crippen LogP contribution is -2.33. The fourth-order valence-corrected chi connectivity index (χ4v) is 4.61. The summed E-state index contributed by atoms with van der Waals surface area (Å²) in [5.74, 6) is -1.42. The molecule has 1 fully saturated rings. The molecule has 1 unspecified atom stereocenters. The molecule has 1 aliphatic heterocycles. The maximum Gasteiger partial charge on any atom is 0.295 e. The summed E-state index contributed by atoms with van der Waals surface area (Å²) in [5, 5.41) is 21.5. The van der Waals surface area contributed by atoms with Gasteiger partial charge in [0.1, 0.15) is 17.3 Å². The number of phenolic OH excluding ortho intramolecular Hbond substituents is 1. The van der Waals surface area contributed by atoms with Gasteiger partial charge in [0.2, 0.25) is 0 Å². The molecule has 1 saturated heterocycles. The second-order valence-corrected chi connectivity index (χ2v) is 8.96. The Morgan fingerprint density at radius 3 is 2.53 bits per heavy atom. The van der Waals surface area contributed by atoms with Gasteiger partial charge in [0.25, 0.3) is 11.7 Å². The Morgan fingerprint density at radius 2 is 1.85 bits per heavy atom. The van der Waals surface area contributed by atoms with Crippen LogP contribution in [0.5, 0.6) is 11.5 Å². The summed E-state index contributed by atoms with van der Waals surface area (Å²) in [4.78, 5) is 30.1. The van der Waals surface area contributed by atoms with Gasteiger partial charge in [-0.05, 0) is 68.9 Å². The molecule has 2 N–H and O–H groups in total. The number of phenols is 1. The van der Waals surface area contributed by atoms with Crippen LogP contribution in [0.1, 0.15) is 44.4 Å². The maximum atomic E-state index is 13.2. The minimum absolute atomic E-state index is 0.0464. The van der Waals surface area contributed by atoms with E-state index in [1.54, 1.807) is 24.3 Å². The smallest absolute Gasteiger partial charge is 0.295 e. The number of nitrogens with zero attached hydrogens (tertiary/aromatic N) is 2. The number of hydrogen-bond donors (Lipinski definition) is 2. The Balaban J connectivity index is 2.09. The molecule has 8 heteroatoms. The number of carbonyl (C=O) groups excluding carboxylic acids is 2. The Kier molecular flexibility index (Phi) is 8.74. The standard InChI is InChI=1S/C26H31BrN2O5/c1-4-28(5-2)13-8-14-29-23(17-9-7-10-19(15-17)34-6-3)22(25(32)26(29)33)24(31)20-16-18(27)11-12-21(20)30/h7,9-12,15-16,23,30-31H,4-6,8,13-14H2,1-3H3. The van der Waals surface area contributed by atoms with Crippen LogP contribution >= 0.6 is 15.9 Å². The third-order valence-corrected chi connectivity index (χ3v) is 6.50. The van der Waals surface area contributed by atoms with Crippen molar-refractivity contribution in [1.82, 2.24) is 9.80 Å². The van der Waals surface area contributed by atoms with Gasteiger partial charge >= 0.3 is 0 Å². The van der Waals surface area contributed by atoms with E-state index in [4.69, 9.17) is 4.74 Å². The van der Waals surface area contributed by atoms with Crippen LogP contribution in [0.15, 0.2) is 52.5 Å². The van der Waals surface area contributed by atoms with E-state index in [0.29, 0.717) is 35.4 Å². The number of Topliss-reactive ketones (excluding diaryl/α,β-unsaturated/α-hetero) is 1. The number of rotatable bonds is 10. The summed E-state index contributed by atoms with van der Waals surface area (Å²) in [7, 11) is 0. The number of benzene rings is 2. The third-order valence-electron chi connectivity index (χ3n) is 6.01. The minimum atomic E-state index is -0.796. The molecular formula is C26H31BrN2O5. The predicted molar refractivity (Wildman–Crippen MR) is 135 cm³/mol. The molecule has 1 amide bonds. The molecule has 0 spiro atoms. The third kappa shape index (κ3) is 5.45. The molecule has 182 valence electrons. The number of halogens is 1. The van der Waals surface area contributed by atoms with E-state index in [2.05, 4.69) is 34.7 Å². The first-order valence-electron chi connectivity index (χ1n) is 11.5. The predicted octanol–water partition coefficient (Wildman–Crippen LogP) is 4.71. The molecule has 2 aromatic rings. The topological polar surface area (TPSA) is 90.3 Å². The first kappa shape index (κ1) is 25.8. The van der Waals surface area contributed by atoms with Crippen molar-refractivity contribution in [3.63, 3.8) is 0 Å². The zero-order chi connectivity index (χ0) is 24.8. The normalized spacial score (nSPS) is 17.6. The van der Waals surface area contributed by atoms with Crippen LogP contribution in [0.3, 0.4) is 0 Å². The lowest BCUT2D eigenvalue weighted by molar-refractivity contribution is -0.140. The van der Waals surface area contributed by atoms with E-state index in [0.717, 1.165) is 19.6 Å². The van der Waals surface area contributed by atoms with Crippen LogP contribution in [0.2, 0.25) is 0 Å². The zero-order valence-corrected chi connectivity index (χ0v) is 21.3. The largest absolute Gasteiger partial charge is 0.507 e. The van der Waals surface area contributed by atoms with Gasteiger partial charge in [0.15, 0.2) is 0 Å². The van der Waals surface area contributed by atoms with Gasteiger partial charge in [-0.25, -0.2) is 0 Å². The number of ether oxygens (including phenoxy) is 1. The molecule has 1 aliphatic rings. The fourth-order valence-electron chi connectivity index (χ4n) is 4.25. The van der Waals surface area contributed by atoms with E-state index >= 15 is 0 Å². The van der Waals surface area contributed by atoms with Crippen molar-refractivity contribution in [2.45, 2.75) is 33.2 Å². The average molecular weight is 531 g/mol. The molecular weight excluding hydrogens is 500 g/mol. The van der Waals surface area contributed by atoms with Gasteiger partial charge in [-0.15, -0.1) is 0 Å². The average Bonchev–Trinajstić information content (AvgIpc) is 3.08. The second-order valence-electron chi connectivity index (χ2n) is 8.04. The fraction of sp³-hybridized carbons (Fsp3) is 0.385. The molecule has 3 rings (SSSR count). The molecule has 0 aromatic heterocycles. The molecule has 1 heterocycles. The van der Waals surface area contributed by atoms with Crippen molar-refractivity contribution in [3.8, 4) is 11.5 Å². The SMILES string of the molecule is CCOc1cccc(C2C(=C(O)c3cc(Br)ccc3O)C(=O)C(=O)N2CCCN(CC)CC)c1. The number of ketones is 1. The summed E-state index contributed by atoms with van der Waals surface area (Å²) >= 11 is 3.33. The number of aromatic hydroxyl groups is 1. The zero-order valence-electron chi connectivity index (χ0n) is 19.8. The van der Waals surface area contributed by atoms with Gasteiger partial charge in [-0.1, -0.05) is 41.9 Å². The van der Waals surface area contributed by atoms with Gasteiger partial charge in [-0.2, -0.15) is 0 Å². The molecule has 0 aliphatic carbocycles. The van der Waals surface area contributed by atoms with Crippen molar-refractivity contribution in [3.05, 3.63) is 63.6 Å². The van der Waals surface area contributed by atoms with Gasteiger partial charge in [-0.3, -0.25) is 9.59 Å². The van der Waals surface area contributed by atoms with E-state index in [9.17, 15) is 19.8 Å². The number of aliphatic hydroxyl groups excluding tert-OH is 1. The van der Waals surface area contributed by atoms with Gasteiger partial charge in [0, 0.05) is 11.0 Å². The van der Waals surface area contributed by atoms with E-state index in [1.807, 2.05) is 13.0 Å². The monoisotopic (exact) mass is 530 g/mol. The van der Waals surface area contributed by atoms with E-state index in [-0.39, 0.29) is 16.9 Å². The highest BCUT2D eigenvalue weighted by atomic mass is 79.9. The van der Waals surface area contributed by atoms with Crippen molar-refractivity contribution in [2.24, 2.45) is 0 Å². The molecule has 2 aromatic carbocycles. The number of aliphatic hydroxyl groups is 1. The second kappa shape index (κ2) is 11.5. The number of hydrogen-bond acceptors (Lipinski definition) is 6. The van der Waals surface area contributed by atoms with Crippen LogP contribution in [0.25, 0.3) is 5.76 Å². The van der Waals surface area contributed by atoms with Crippen LogP contribution in [-0.2, 0) is 9.59 Å². The molecule has 0 bridgehead atoms. The molecule has 0 radical (unpaired) electrons. The maximum absolute atomic E-state index is 13.2. The summed E-state index contributed by atoms with van der Waals surface area (Å²) in [5.41, 5.74) is 0.695. The lowest BCUT2D eigenvalue weighted by Gasteiger charge is -2.27. The van der Waals surface area contributed by atoms with Crippen molar-refractivity contribution < 1.29 is 24.5 Å². The van der Waals surface area contributed by atoms with Crippen LogP contribution < -0.4 is 4.74 Å². The quantitative estimate of drug-likeness (QED) is 0.262. The highest BCUT2D eigenvalue weighted by Crippen LogP contribution is 2.42. The van der Waals surface area contributed by atoms with Crippen molar-refractivity contribution >= 4 is 33.4 Å². The summed E-state index contributed by atoms with van der Waals surface area (Å²) in [6.45, 7) is 9.45. The molecule has 1 atom stereocenters. The Hall–Kier alpha value is -2.84. The summed E-state index contributed by atoms with van der Waals surface area (Å²) in [6.07, 6.45) is 0.679. The highest BCUT2D eigenvalue weighted by molar-refractivity contribution is 9.10. The number of likely N-dealkylation sites (tertiary alicyclic amines) is 1. The van der Waals surface area contributed by atoms with Crippen molar-refractivity contribution in [2.75, 3.05) is 32.8 Å². The summed E-state index contributed by atoms with van der Waals surface area (Å²) in [6, 6.07) is 11.0. The first-order valence-corrected chi connectivity index (χ1v) is 12.3. The Labute approximate surface area is 208 Å². The van der Waals surface area contributed by atoms with Crippen LogP contribution in [0, 0.1) is 0 Å². The Morgan fingerprint density at radius 1 is 1.12 bits per heavy atom. The highest BCUT2D eigenvalue weighted by Gasteiger charge is 2.46. The lowest BCUT2D eigenvalue weighted by atomic mass is 9.95. The number of amides is 1. The first-order chi connectivity index (χ1) is 16.3. The van der Waals surface area contributed by atoms with Crippen LogP contribution in [0.4, 0.5) is 0 Å². The Bertz CT molecular complexity index is 1080. The summed E-state index contributed by atoms with van der Waals surface area (Å²) < 4.78 is 6.25. The molecule has 7 nitrogen and oxygen atoms in total. The van der Waals surface area contributed by atoms with E-state index in [1.165, 1.54) is 17.0 Å². The number of carbonyl (C=O) groups is 2.